The van der Waals surface area contributed by atoms with Crippen molar-refractivity contribution in [2.75, 3.05) is 22.9 Å². The number of amides is 4. The van der Waals surface area contributed by atoms with E-state index >= 15 is 0 Å². The first-order valence-electron chi connectivity index (χ1n) is 19.9. The van der Waals surface area contributed by atoms with Gasteiger partial charge in [-0.05, 0) is 73.2 Å². The number of hydrogen-bond donors (Lipinski definition) is 2. The quantitative estimate of drug-likeness (QED) is 0.101. The first kappa shape index (κ1) is 42.3. The van der Waals surface area contributed by atoms with Gasteiger partial charge in [-0.3, -0.25) is 19.2 Å². The molecule has 60 heavy (non-hydrogen) atoms. The molecule has 0 saturated heterocycles. The van der Waals surface area contributed by atoms with Crippen molar-refractivity contribution in [1.29, 1.82) is 10.5 Å². The zero-order valence-corrected chi connectivity index (χ0v) is 33.8. The maximum atomic E-state index is 13.5. The summed E-state index contributed by atoms with van der Waals surface area (Å²) in [7, 11) is 0. The summed E-state index contributed by atoms with van der Waals surface area (Å²) in [6, 6.07) is 34.9. The van der Waals surface area contributed by atoms with Gasteiger partial charge in [-0.2, -0.15) is 20.8 Å². The van der Waals surface area contributed by atoms with Crippen molar-refractivity contribution in [3.05, 3.63) is 130 Å². The zero-order chi connectivity index (χ0) is 42.5. The van der Waals surface area contributed by atoms with Crippen LogP contribution in [0.4, 0.5) is 11.4 Å². The van der Waals surface area contributed by atoms with Crippen molar-refractivity contribution in [3.8, 4) is 24.0 Å². The molecule has 4 amide bonds. The van der Waals surface area contributed by atoms with E-state index in [0.717, 1.165) is 39.1 Å². The molecule has 0 bridgehead atoms. The fraction of sp³-hybridized carbons (Fsp3) is 0.292. The molecule has 4 aromatic carbocycles. The molecule has 12 heteroatoms. The summed E-state index contributed by atoms with van der Waals surface area (Å²) in [5.74, 6) is 5.35. The first-order valence-corrected chi connectivity index (χ1v) is 19.9. The van der Waals surface area contributed by atoms with E-state index in [9.17, 15) is 29.7 Å². The Morgan fingerprint density at radius 3 is 1.67 bits per heavy atom. The highest BCUT2D eigenvalue weighted by Crippen LogP contribution is 2.30. The van der Waals surface area contributed by atoms with Gasteiger partial charge in [0, 0.05) is 49.9 Å². The Balaban J connectivity index is 0.953. The minimum Gasteiger partial charge on any atom is -0.356 e. The highest BCUT2D eigenvalue weighted by atomic mass is 16.2. The molecule has 302 valence electrons. The summed E-state index contributed by atoms with van der Waals surface area (Å²) in [4.78, 5) is 56.2. The number of nitrogens with zero attached hydrogens (tertiary/aromatic N) is 6. The maximum Gasteiger partial charge on any atom is 0.229 e. The lowest BCUT2D eigenvalue weighted by molar-refractivity contribution is -0.123. The van der Waals surface area contributed by atoms with Crippen molar-refractivity contribution >= 4 is 47.2 Å². The Kier molecular flexibility index (Phi) is 13.7. The Labute approximate surface area is 350 Å². The lowest BCUT2D eigenvalue weighted by Gasteiger charge is -2.27. The van der Waals surface area contributed by atoms with Crippen LogP contribution in [0.25, 0.3) is 12.2 Å². The third-order valence-electron chi connectivity index (χ3n) is 10.5. The van der Waals surface area contributed by atoms with Gasteiger partial charge in [-0.25, -0.2) is 0 Å². The minimum atomic E-state index is -1.42. The SMILES string of the molecule is CC(C#N)(CCC(=O)NCCC(=O)N1Cc2ccccc2C#Cc2ccccc21)/N=N/C(C)(C#N)CCC(=O)NCCC(=O)N1Cc2ccccc2/C=C\c2ccccc21. The molecule has 2 atom stereocenters. The van der Waals surface area contributed by atoms with Crippen LogP contribution in [-0.4, -0.2) is 47.8 Å². The number of carbonyl (C=O) groups excluding carboxylic acids is 4. The monoisotopic (exact) mass is 798 g/mol. The van der Waals surface area contributed by atoms with Crippen LogP contribution in [0.3, 0.4) is 0 Å². The van der Waals surface area contributed by atoms with Crippen molar-refractivity contribution < 1.29 is 19.2 Å². The second kappa shape index (κ2) is 19.4. The number of anilines is 2. The summed E-state index contributed by atoms with van der Waals surface area (Å²) in [6.07, 6.45) is 4.07. The average molecular weight is 799 g/mol. The van der Waals surface area contributed by atoms with E-state index in [4.69, 9.17) is 0 Å². The Morgan fingerprint density at radius 1 is 0.600 bits per heavy atom. The van der Waals surface area contributed by atoms with Crippen LogP contribution in [-0.2, 0) is 32.3 Å². The van der Waals surface area contributed by atoms with E-state index in [1.54, 1.807) is 9.80 Å². The number of para-hydroxylation sites is 2. The van der Waals surface area contributed by atoms with Gasteiger partial charge in [0.2, 0.25) is 23.6 Å². The van der Waals surface area contributed by atoms with Crippen molar-refractivity contribution in [3.63, 3.8) is 0 Å². The molecule has 4 aromatic rings. The molecule has 6 rings (SSSR count). The Morgan fingerprint density at radius 2 is 1.05 bits per heavy atom. The molecular formula is C48H46N8O4. The molecule has 12 nitrogen and oxygen atoms in total. The topological polar surface area (TPSA) is 171 Å². The number of nitriles is 2. The lowest BCUT2D eigenvalue weighted by Crippen LogP contribution is -2.35. The Bertz CT molecular complexity index is 2490. The molecular weight excluding hydrogens is 753 g/mol. The molecule has 0 fully saturated rings. The summed E-state index contributed by atoms with van der Waals surface area (Å²) < 4.78 is 0. The first-order chi connectivity index (χ1) is 29.0. The van der Waals surface area contributed by atoms with Gasteiger partial charge in [-0.1, -0.05) is 96.8 Å². The highest BCUT2D eigenvalue weighted by Gasteiger charge is 2.30. The van der Waals surface area contributed by atoms with E-state index in [0.29, 0.717) is 18.8 Å². The zero-order valence-electron chi connectivity index (χ0n) is 33.8. The van der Waals surface area contributed by atoms with Crippen LogP contribution in [0.15, 0.2) is 107 Å². The molecule has 0 saturated carbocycles. The molecule has 2 aliphatic heterocycles. The summed E-state index contributed by atoms with van der Waals surface area (Å²) >= 11 is 0. The molecule has 0 aliphatic carbocycles. The van der Waals surface area contributed by atoms with Crippen LogP contribution in [0.5, 0.6) is 0 Å². The van der Waals surface area contributed by atoms with E-state index in [2.05, 4.69) is 44.8 Å². The van der Waals surface area contributed by atoms with E-state index in [-0.39, 0.29) is 75.2 Å². The van der Waals surface area contributed by atoms with E-state index < -0.39 is 11.1 Å². The standard InChI is InChI=1S/C48H46N8O4/c1-47(33-49,27-23-43(57)51-29-25-45(59)55-31-39-15-5-3-11-35(39)19-21-37-13-7-9-17-41(37)55)53-54-48(2,34-50)28-24-44(58)52-30-26-46(60)56-32-40-16-6-4-12-36(40)20-22-38-14-8-10-18-42(38)56/h3-19,21H,23-32H2,1-2H3,(H,51,57)(H,52,58)/b21-19-,54-53+. The van der Waals surface area contributed by atoms with Crippen molar-refractivity contribution in [1.82, 2.24) is 10.6 Å². The van der Waals surface area contributed by atoms with E-state index in [1.165, 1.54) is 13.8 Å². The second-order valence-electron chi connectivity index (χ2n) is 15.1. The van der Waals surface area contributed by atoms with Gasteiger partial charge in [0.25, 0.3) is 0 Å². The molecule has 0 spiro atoms. The van der Waals surface area contributed by atoms with Gasteiger partial charge in [-0.15, -0.1) is 0 Å². The smallest absolute Gasteiger partial charge is 0.229 e. The number of carbonyl (C=O) groups is 4. The molecule has 2 unspecified atom stereocenters. The van der Waals surface area contributed by atoms with Crippen LogP contribution in [0.2, 0.25) is 0 Å². The normalized spacial score (nSPS) is 15.1. The third-order valence-corrected chi connectivity index (χ3v) is 10.5. The van der Waals surface area contributed by atoms with Crippen LogP contribution >= 0.6 is 0 Å². The largest absolute Gasteiger partial charge is 0.356 e. The van der Waals surface area contributed by atoms with Gasteiger partial charge < -0.3 is 20.4 Å². The molecule has 2 heterocycles. The van der Waals surface area contributed by atoms with E-state index in [1.807, 2.05) is 109 Å². The van der Waals surface area contributed by atoms with Gasteiger partial charge in [0.15, 0.2) is 11.1 Å². The highest BCUT2D eigenvalue weighted by molar-refractivity contribution is 5.97. The third kappa shape index (κ3) is 10.8. The molecule has 2 aliphatic rings. The van der Waals surface area contributed by atoms with Crippen molar-refractivity contribution in [2.24, 2.45) is 10.2 Å². The molecule has 0 radical (unpaired) electrons. The number of azo groups is 1. The summed E-state index contributed by atoms with van der Waals surface area (Å²) in [5, 5.41) is 33.9. The number of rotatable bonds is 14. The fourth-order valence-corrected chi connectivity index (χ4v) is 6.84. The van der Waals surface area contributed by atoms with Gasteiger partial charge >= 0.3 is 0 Å². The number of hydrogen-bond acceptors (Lipinski definition) is 8. The maximum absolute atomic E-state index is 13.5. The number of nitrogens with one attached hydrogen (secondary N) is 2. The Hall–Kier alpha value is -7.36. The lowest BCUT2D eigenvalue weighted by atomic mass is 9.97. The summed E-state index contributed by atoms with van der Waals surface area (Å²) in [6.45, 7) is 3.98. The molecule has 2 N–H and O–H groups in total. The van der Waals surface area contributed by atoms with Crippen molar-refractivity contribution in [2.45, 2.75) is 76.5 Å². The predicted molar refractivity (Wildman–Crippen MR) is 230 cm³/mol. The average Bonchev–Trinajstić information content (AvgIpc) is 3.25. The van der Waals surface area contributed by atoms with Crippen LogP contribution in [0, 0.1) is 34.5 Å². The number of fused-ring (bicyclic) bond motifs is 4. The van der Waals surface area contributed by atoms with Crippen LogP contribution in [0.1, 0.15) is 85.8 Å². The van der Waals surface area contributed by atoms with Gasteiger partial charge in [0.1, 0.15) is 0 Å². The number of benzene rings is 4. The predicted octanol–water partition coefficient (Wildman–Crippen LogP) is 7.24. The van der Waals surface area contributed by atoms with Crippen LogP contribution < -0.4 is 20.4 Å². The fourth-order valence-electron chi connectivity index (χ4n) is 6.84. The van der Waals surface area contributed by atoms with Gasteiger partial charge in [0.05, 0.1) is 36.6 Å². The summed E-state index contributed by atoms with van der Waals surface area (Å²) in [5.41, 5.74) is 4.15. The second-order valence-corrected chi connectivity index (χ2v) is 15.1. The molecule has 0 aromatic heterocycles. The minimum absolute atomic E-state index is 0.0150.